The maximum absolute atomic E-state index is 3.76. The molecule has 0 saturated heterocycles. The Bertz CT molecular complexity index is 141. The van der Waals surface area contributed by atoms with Gasteiger partial charge in [0.1, 0.15) is 0 Å². The molecule has 1 aromatic rings. The second-order valence-electron chi connectivity index (χ2n) is 1.74. The van der Waals surface area contributed by atoms with Crippen LogP contribution in [-0.2, 0) is 6.42 Å². The Kier molecular flexibility index (Phi) is 1.68. The van der Waals surface area contributed by atoms with Crippen molar-refractivity contribution in [1.29, 1.82) is 0 Å². The Hall–Kier alpha value is -0.780. The van der Waals surface area contributed by atoms with Gasteiger partial charge >= 0.3 is 0 Å². The highest BCUT2D eigenvalue weighted by Crippen LogP contribution is 1.96. The number of hydrogen-bond acceptors (Lipinski definition) is 0. The predicted octanol–water partition coefficient (Wildman–Crippen LogP) is 2.06. The summed E-state index contributed by atoms with van der Waals surface area (Å²) >= 11 is 0. The van der Waals surface area contributed by atoms with Gasteiger partial charge in [-0.1, -0.05) is 30.3 Å². The summed E-state index contributed by atoms with van der Waals surface area (Å²) in [6, 6.07) is 10.2. The molecule has 0 N–H and O–H groups in total. The Balaban J connectivity index is 2.83. The average Bonchev–Trinajstić information content (AvgIpc) is 1.90. The molecule has 0 amide bonds. The molecule has 1 aromatic carbocycles. The third kappa shape index (κ3) is 1.09. The van der Waals surface area contributed by atoms with Gasteiger partial charge < -0.3 is 0 Å². The van der Waals surface area contributed by atoms with E-state index in [0.717, 1.165) is 6.42 Å². The first kappa shape index (κ1) is 5.36. The van der Waals surface area contributed by atoms with E-state index in [1.165, 1.54) is 5.56 Å². The van der Waals surface area contributed by atoms with Crippen LogP contribution in [-0.4, -0.2) is 0 Å². The third-order valence-corrected chi connectivity index (χ3v) is 1.13. The lowest BCUT2D eigenvalue weighted by atomic mass is 10.2. The number of hydrogen-bond donors (Lipinski definition) is 0. The largest absolute Gasteiger partial charge is 0.0622 e. The van der Waals surface area contributed by atoms with Gasteiger partial charge in [-0.25, -0.2) is 0 Å². The smallest absolute Gasteiger partial charge is 0.0279 e. The fraction of sp³-hybridized carbons (Fsp3) is 0.125. The zero-order chi connectivity index (χ0) is 5.82. The zero-order valence-corrected chi connectivity index (χ0v) is 4.80. The molecule has 0 aromatic heterocycles. The summed E-state index contributed by atoms with van der Waals surface area (Å²) in [5.74, 6) is 0. The van der Waals surface area contributed by atoms with Crippen LogP contribution in [0.5, 0.6) is 0 Å². The summed E-state index contributed by atoms with van der Waals surface area (Å²) < 4.78 is 0. The lowest BCUT2D eigenvalue weighted by molar-refractivity contribution is 1.27. The minimum atomic E-state index is 0.890. The molecule has 1 radical (unpaired) electrons. The quantitative estimate of drug-likeness (QED) is 0.513. The second kappa shape index (κ2) is 2.51. The van der Waals surface area contributed by atoms with Crippen molar-refractivity contribution in [3.63, 3.8) is 0 Å². The van der Waals surface area contributed by atoms with Crippen molar-refractivity contribution >= 4 is 0 Å². The molecule has 0 aliphatic rings. The van der Waals surface area contributed by atoms with E-state index < -0.39 is 0 Å². The van der Waals surface area contributed by atoms with Crippen molar-refractivity contribution in [3.8, 4) is 0 Å². The van der Waals surface area contributed by atoms with Crippen molar-refractivity contribution in [2.24, 2.45) is 0 Å². The van der Waals surface area contributed by atoms with Gasteiger partial charge in [0.25, 0.3) is 0 Å². The van der Waals surface area contributed by atoms with E-state index in [-0.39, 0.29) is 0 Å². The molecule has 0 aliphatic heterocycles. The second-order valence-corrected chi connectivity index (χ2v) is 1.74. The molecular formula is C8H9. The standard InChI is InChI=1S/C8H9/c1-2-8-6-4-3-5-7-8/h3-7H,1-2H2. The third-order valence-electron chi connectivity index (χ3n) is 1.13. The van der Waals surface area contributed by atoms with Crippen LogP contribution < -0.4 is 0 Å². The summed E-state index contributed by atoms with van der Waals surface area (Å²) in [6.45, 7) is 3.76. The van der Waals surface area contributed by atoms with E-state index >= 15 is 0 Å². The molecule has 0 nitrogen and oxygen atoms in total. The van der Waals surface area contributed by atoms with E-state index in [9.17, 15) is 0 Å². The topological polar surface area (TPSA) is 0 Å². The minimum absolute atomic E-state index is 0.890. The van der Waals surface area contributed by atoms with Gasteiger partial charge in [-0.05, 0) is 18.9 Å². The van der Waals surface area contributed by atoms with E-state index in [1.54, 1.807) is 0 Å². The molecular weight excluding hydrogens is 96.1 g/mol. The first-order chi connectivity index (χ1) is 3.93. The molecule has 0 saturated carbocycles. The molecule has 0 heteroatoms. The molecule has 0 atom stereocenters. The normalized spacial score (nSPS) is 9.12. The highest BCUT2D eigenvalue weighted by atomic mass is 13.9. The Labute approximate surface area is 50.2 Å². The highest BCUT2D eigenvalue weighted by Gasteiger charge is 1.80. The van der Waals surface area contributed by atoms with Crippen LogP contribution in [0.15, 0.2) is 30.3 Å². The van der Waals surface area contributed by atoms with Gasteiger partial charge in [-0.2, -0.15) is 0 Å². The molecule has 0 heterocycles. The highest BCUT2D eigenvalue weighted by molar-refractivity contribution is 5.14. The summed E-state index contributed by atoms with van der Waals surface area (Å²) in [5.41, 5.74) is 1.30. The van der Waals surface area contributed by atoms with Crippen LogP contribution in [0.25, 0.3) is 0 Å². The van der Waals surface area contributed by atoms with Crippen LogP contribution in [0, 0.1) is 6.92 Å². The minimum Gasteiger partial charge on any atom is -0.0622 e. The fourth-order valence-electron chi connectivity index (χ4n) is 0.645. The van der Waals surface area contributed by atoms with Gasteiger partial charge in [-0.3, -0.25) is 0 Å². The first-order valence-corrected chi connectivity index (χ1v) is 2.76. The Morgan fingerprint density at radius 3 is 2.12 bits per heavy atom. The Morgan fingerprint density at radius 1 is 1.12 bits per heavy atom. The van der Waals surface area contributed by atoms with E-state index in [4.69, 9.17) is 0 Å². The summed E-state index contributed by atoms with van der Waals surface area (Å²) in [6.07, 6.45) is 0.890. The molecule has 0 bridgehead atoms. The van der Waals surface area contributed by atoms with Crippen LogP contribution in [0.4, 0.5) is 0 Å². The van der Waals surface area contributed by atoms with Crippen molar-refractivity contribution in [2.75, 3.05) is 0 Å². The van der Waals surface area contributed by atoms with E-state index in [0.29, 0.717) is 0 Å². The molecule has 0 aliphatic carbocycles. The Morgan fingerprint density at radius 2 is 1.75 bits per heavy atom. The summed E-state index contributed by atoms with van der Waals surface area (Å²) in [4.78, 5) is 0. The SMILES string of the molecule is [CH2]Cc1ccccc1. The van der Waals surface area contributed by atoms with Crippen LogP contribution in [0.2, 0.25) is 0 Å². The average molecular weight is 105 g/mol. The van der Waals surface area contributed by atoms with Crippen LogP contribution in [0.1, 0.15) is 5.56 Å². The van der Waals surface area contributed by atoms with Crippen molar-refractivity contribution in [2.45, 2.75) is 6.42 Å². The van der Waals surface area contributed by atoms with E-state index in [1.807, 2.05) is 18.2 Å². The van der Waals surface area contributed by atoms with Gasteiger partial charge in [0.2, 0.25) is 0 Å². The van der Waals surface area contributed by atoms with Crippen molar-refractivity contribution in [1.82, 2.24) is 0 Å². The molecule has 0 spiro atoms. The molecule has 8 heavy (non-hydrogen) atoms. The maximum Gasteiger partial charge on any atom is -0.0279 e. The van der Waals surface area contributed by atoms with Crippen LogP contribution >= 0.6 is 0 Å². The zero-order valence-electron chi connectivity index (χ0n) is 4.80. The number of rotatable bonds is 1. The fourth-order valence-corrected chi connectivity index (χ4v) is 0.645. The van der Waals surface area contributed by atoms with Gasteiger partial charge in [-0.15, -0.1) is 0 Å². The van der Waals surface area contributed by atoms with Crippen LogP contribution in [0.3, 0.4) is 0 Å². The molecule has 41 valence electrons. The molecule has 0 fully saturated rings. The van der Waals surface area contributed by atoms with Gasteiger partial charge in [0.15, 0.2) is 0 Å². The lowest BCUT2D eigenvalue weighted by Crippen LogP contribution is -1.74. The number of benzene rings is 1. The lowest BCUT2D eigenvalue weighted by Gasteiger charge is -1.89. The monoisotopic (exact) mass is 105 g/mol. The van der Waals surface area contributed by atoms with E-state index in [2.05, 4.69) is 19.1 Å². The summed E-state index contributed by atoms with van der Waals surface area (Å²) in [7, 11) is 0. The van der Waals surface area contributed by atoms with Crippen molar-refractivity contribution in [3.05, 3.63) is 42.8 Å². The maximum atomic E-state index is 3.76. The molecule has 1 rings (SSSR count). The predicted molar refractivity (Wildman–Crippen MR) is 35.5 cm³/mol. The molecule has 0 unspecified atom stereocenters. The van der Waals surface area contributed by atoms with Gasteiger partial charge in [0, 0.05) is 0 Å². The van der Waals surface area contributed by atoms with Crippen molar-refractivity contribution < 1.29 is 0 Å². The summed E-state index contributed by atoms with van der Waals surface area (Å²) in [5, 5.41) is 0. The van der Waals surface area contributed by atoms with Gasteiger partial charge in [0.05, 0.1) is 0 Å². The first-order valence-electron chi connectivity index (χ1n) is 2.76.